The van der Waals surface area contributed by atoms with Gasteiger partial charge in [-0.15, -0.1) is 0 Å². The molecule has 0 saturated heterocycles. The van der Waals surface area contributed by atoms with Gasteiger partial charge in [-0.2, -0.15) is 0 Å². The fraction of sp³-hybridized carbons (Fsp3) is 0. The molecule has 42 heavy (non-hydrogen) atoms. The minimum Gasteiger partial charge on any atom is -0.256 e. The summed E-state index contributed by atoms with van der Waals surface area (Å²) in [4.78, 5) is 18.7. The van der Waals surface area contributed by atoms with Crippen LogP contribution in [0.1, 0.15) is 28.1 Å². The maximum atomic E-state index is 4.90. The summed E-state index contributed by atoms with van der Waals surface area (Å²) < 4.78 is 0. The molecule has 0 unspecified atom stereocenters. The molecular formula is C38H28N4. The minimum atomic E-state index is 0.807. The molecule has 6 aromatic rings. The van der Waals surface area contributed by atoms with Gasteiger partial charge >= 0.3 is 0 Å². The van der Waals surface area contributed by atoms with Gasteiger partial charge in [0.05, 0.1) is 33.8 Å². The molecule has 2 aromatic carbocycles. The lowest BCUT2D eigenvalue weighted by Crippen LogP contribution is -1.93. The third kappa shape index (κ3) is 5.88. The summed E-state index contributed by atoms with van der Waals surface area (Å²) >= 11 is 0. The van der Waals surface area contributed by atoms with E-state index < -0.39 is 0 Å². The van der Waals surface area contributed by atoms with Crippen molar-refractivity contribution in [3.8, 4) is 11.4 Å². The van der Waals surface area contributed by atoms with E-state index in [4.69, 9.17) is 9.97 Å². The molecule has 0 aliphatic rings. The van der Waals surface area contributed by atoms with Gasteiger partial charge in [0.15, 0.2) is 0 Å². The highest BCUT2D eigenvalue weighted by molar-refractivity contribution is 5.86. The standard InChI is InChI=1S/C38H28N4/c1-3-9-29(17-14-28-25-31-10-5-6-11-34(31)40-26-28)35-21-18-30(33(4-2)41-35)16-13-27-15-20-36-32(24-27)19-22-38(42-36)37-12-7-8-23-39-37/h3-26H,1-2H2/b16-13+,17-14+,29-9+. The zero-order valence-electron chi connectivity index (χ0n) is 23.1. The Labute approximate surface area is 245 Å². The fourth-order valence-electron chi connectivity index (χ4n) is 4.76. The van der Waals surface area contributed by atoms with Crippen molar-refractivity contribution in [2.24, 2.45) is 0 Å². The van der Waals surface area contributed by atoms with Gasteiger partial charge in [-0.25, -0.2) is 9.97 Å². The summed E-state index contributed by atoms with van der Waals surface area (Å²) in [6.07, 6.45) is 17.4. The number of rotatable bonds is 8. The van der Waals surface area contributed by atoms with Crippen LogP contribution in [0, 0.1) is 0 Å². The monoisotopic (exact) mass is 540 g/mol. The van der Waals surface area contributed by atoms with E-state index in [0.717, 1.165) is 66.8 Å². The van der Waals surface area contributed by atoms with Gasteiger partial charge in [0.2, 0.25) is 0 Å². The van der Waals surface area contributed by atoms with Crippen LogP contribution >= 0.6 is 0 Å². The highest BCUT2D eigenvalue weighted by atomic mass is 14.8. The predicted octanol–water partition coefficient (Wildman–Crippen LogP) is 9.34. The molecule has 4 heteroatoms. The lowest BCUT2D eigenvalue weighted by Gasteiger charge is -2.07. The summed E-state index contributed by atoms with van der Waals surface area (Å²) in [5.41, 5.74) is 9.32. The van der Waals surface area contributed by atoms with Gasteiger partial charge in [0.1, 0.15) is 0 Å². The van der Waals surface area contributed by atoms with Crippen molar-refractivity contribution in [3.63, 3.8) is 0 Å². The van der Waals surface area contributed by atoms with Crippen molar-refractivity contribution in [2.45, 2.75) is 0 Å². The van der Waals surface area contributed by atoms with E-state index in [1.807, 2.05) is 79.0 Å². The SMILES string of the molecule is C=C/C=C(\C=C\c1cnc2ccccc2c1)c1ccc(/C=C/c2ccc3nc(-c4ccccn4)ccc3c2)c(C=C)n1. The maximum absolute atomic E-state index is 4.90. The van der Waals surface area contributed by atoms with Gasteiger partial charge in [0, 0.05) is 34.3 Å². The van der Waals surface area contributed by atoms with Gasteiger partial charge in [0.25, 0.3) is 0 Å². The molecule has 0 radical (unpaired) electrons. The van der Waals surface area contributed by atoms with Crippen molar-refractivity contribution in [1.29, 1.82) is 0 Å². The Kier molecular flexibility index (Phi) is 7.69. The Morgan fingerprint density at radius 3 is 2.36 bits per heavy atom. The number of hydrogen-bond donors (Lipinski definition) is 0. The highest BCUT2D eigenvalue weighted by Crippen LogP contribution is 2.24. The van der Waals surface area contributed by atoms with Gasteiger partial charge in [-0.05, 0) is 65.7 Å². The Hall–Kier alpha value is -5.74. The summed E-state index contributed by atoms with van der Waals surface area (Å²) in [7, 11) is 0. The third-order valence-corrected chi connectivity index (χ3v) is 6.91. The Balaban J connectivity index is 1.23. The number of nitrogens with zero attached hydrogens (tertiary/aromatic N) is 4. The Morgan fingerprint density at radius 2 is 1.50 bits per heavy atom. The first-order chi connectivity index (χ1) is 20.7. The topological polar surface area (TPSA) is 51.6 Å². The van der Waals surface area contributed by atoms with Crippen LogP contribution in [0.5, 0.6) is 0 Å². The van der Waals surface area contributed by atoms with Gasteiger partial charge in [-0.3, -0.25) is 9.97 Å². The third-order valence-electron chi connectivity index (χ3n) is 6.91. The number of hydrogen-bond acceptors (Lipinski definition) is 4. The second-order valence-electron chi connectivity index (χ2n) is 9.72. The number of pyridine rings is 4. The van der Waals surface area contributed by atoms with Crippen LogP contribution in [0.4, 0.5) is 0 Å². The average Bonchev–Trinajstić information content (AvgIpc) is 3.05. The van der Waals surface area contributed by atoms with E-state index in [0.29, 0.717) is 0 Å². The van der Waals surface area contributed by atoms with Crippen LogP contribution in [0.15, 0.2) is 135 Å². The summed E-state index contributed by atoms with van der Waals surface area (Å²) in [5, 5.41) is 2.18. The fourth-order valence-corrected chi connectivity index (χ4v) is 4.76. The predicted molar refractivity (Wildman–Crippen MR) is 177 cm³/mol. The van der Waals surface area contributed by atoms with E-state index in [2.05, 4.69) is 71.7 Å². The first kappa shape index (κ1) is 26.5. The molecule has 0 atom stereocenters. The lowest BCUT2D eigenvalue weighted by atomic mass is 10.0. The Bertz CT molecular complexity index is 2020. The van der Waals surface area contributed by atoms with Crippen LogP contribution < -0.4 is 0 Å². The first-order valence-electron chi connectivity index (χ1n) is 13.7. The molecule has 4 nitrogen and oxygen atoms in total. The van der Waals surface area contributed by atoms with Crippen LogP contribution in [-0.2, 0) is 0 Å². The molecule has 0 aliphatic heterocycles. The van der Waals surface area contributed by atoms with Crippen LogP contribution in [-0.4, -0.2) is 19.9 Å². The summed E-state index contributed by atoms with van der Waals surface area (Å²) in [6, 6.07) is 30.5. The minimum absolute atomic E-state index is 0.807. The second-order valence-corrected chi connectivity index (χ2v) is 9.72. The number of benzene rings is 2. The molecule has 4 heterocycles. The van der Waals surface area contributed by atoms with Crippen LogP contribution in [0.3, 0.4) is 0 Å². The zero-order valence-corrected chi connectivity index (χ0v) is 23.1. The molecule has 0 amide bonds. The average molecular weight is 541 g/mol. The largest absolute Gasteiger partial charge is 0.256 e. The van der Waals surface area contributed by atoms with Crippen molar-refractivity contribution >= 4 is 51.7 Å². The van der Waals surface area contributed by atoms with Crippen molar-refractivity contribution in [1.82, 2.24) is 19.9 Å². The highest BCUT2D eigenvalue weighted by Gasteiger charge is 2.06. The van der Waals surface area contributed by atoms with E-state index in [1.54, 1.807) is 18.3 Å². The molecule has 0 bridgehead atoms. The molecule has 0 aliphatic carbocycles. The molecule has 6 rings (SSSR count). The van der Waals surface area contributed by atoms with Gasteiger partial charge in [-0.1, -0.05) is 92.1 Å². The Morgan fingerprint density at radius 1 is 0.643 bits per heavy atom. The molecule has 0 N–H and O–H groups in total. The molecule has 0 fully saturated rings. The zero-order chi connectivity index (χ0) is 28.7. The van der Waals surface area contributed by atoms with Crippen molar-refractivity contribution in [3.05, 3.63) is 163 Å². The number of aromatic nitrogens is 4. The van der Waals surface area contributed by atoms with Crippen LogP contribution in [0.25, 0.3) is 63.1 Å². The van der Waals surface area contributed by atoms with Crippen molar-refractivity contribution in [2.75, 3.05) is 0 Å². The molecule has 0 saturated carbocycles. The maximum Gasteiger partial charge on any atom is 0.0893 e. The molecule has 200 valence electrons. The quantitative estimate of drug-likeness (QED) is 0.181. The number of allylic oxidation sites excluding steroid dienone is 4. The van der Waals surface area contributed by atoms with E-state index in [-0.39, 0.29) is 0 Å². The van der Waals surface area contributed by atoms with Gasteiger partial charge < -0.3 is 0 Å². The first-order valence-corrected chi connectivity index (χ1v) is 13.7. The normalized spacial score (nSPS) is 12.0. The number of para-hydroxylation sites is 1. The second kappa shape index (κ2) is 12.2. The number of fused-ring (bicyclic) bond motifs is 2. The molecule has 0 spiro atoms. The smallest absolute Gasteiger partial charge is 0.0893 e. The molecular weight excluding hydrogens is 512 g/mol. The van der Waals surface area contributed by atoms with E-state index >= 15 is 0 Å². The lowest BCUT2D eigenvalue weighted by molar-refractivity contribution is 1.24. The summed E-state index contributed by atoms with van der Waals surface area (Å²) in [6.45, 7) is 7.91. The van der Waals surface area contributed by atoms with E-state index in [1.165, 1.54) is 0 Å². The van der Waals surface area contributed by atoms with Crippen LogP contribution in [0.2, 0.25) is 0 Å². The van der Waals surface area contributed by atoms with E-state index in [9.17, 15) is 0 Å². The molecule has 4 aromatic heterocycles. The summed E-state index contributed by atoms with van der Waals surface area (Å²) in [5.74, 6) is 0. The van der Waals surface area contributed by atoms with Crippen molar-refractivity contribution < 1.29 is 0 Å².